The van der Waals surface area contributed by atoms with E-state index in [-0.39, 0.29) is 24.4 Å². The van der Waals surface area contributed by atoms with Crippen LogP contribution in [0.2, 0.25) is 0 Å². The third kappa shape index (κ3) is 9.00. The first kappa shape index (κ1) is 20.6. The molecule has 1 rings (SSSR count). The van der Waals surface area contributed by atoms with Crippen LogP contribution in [0.1, 0.15) is 51.5 Å². The number of benzene rings is 1. The number of hydrogen-bond donors (Lipinski definition) is 3. The average molecular weight is 357 g/mol. The van der Waals surface area contributed by atoms with E-state index < -0.39 is 16.3 Å². The van der Waals surface area contributed by atoms with Crippen molar-refractivity contribution >= 4 is 16.1 Å². The smallest absolute Gasteiger partial charge is 0.334 e. The molecule has 0 bridgehead atoms. The lowest BCUT2D eigenvalue weighted by Crippen LogP contribution is -2.42. The monoisotopic (exact) mass is 357 g/mol. The predicted octanol–water partition coefficient (Wildman–Crippen LogP) is 2.87. The number of unbranched alkanes of at least 4 members (excludes halogenated alkanes) is 2. The second kappa shape index (κ2) is 9.76. The summed E-state index contributed by atoms with van der Waals surface area (Å²) >= 11 is 0. The van der Waals surface area contributed by atoms with Crippen LogP contribution < -0.4 is 4.72 Å². The van der Waals surface area contributed by atoms with Crippen molar-refractivity contribution in [2.24, 2.45) is 5.92 Å². The van der Waals surface area contributed by atoms with Crippen molar-refractivity contribution in [1.82, 2.24) is 4.72 Å². The van der Waals surface area contributed by atoms with Gasteiger partial charge in [-0.25, -0.2) is 0 Å². The van der Waals surface area contributed by atoms with Crippen LogP contribution in [-0.4, -0.2) is 29.9 Å². The second-order valence-corrected chi connectivity index (χ2v) is 7.66. The number of rotatable bonds is 11. The molecule has 0 aliphatic heterocycles. The summed E-state index contributed by atoms with van der Waals surface area (Å²) < 4.78 is 33.2. The number of ketones is 1. The Kier molecular flexibility index (Phi) is 8.38. The third-order valence-electron chi connectivity index (χ3n) is 3.76. The van der Waals surface area contributed by atoms with Crippen molar-refractivity contribution in [3.8, 4) is 5.75 Å². The molecule has 1 aromatic rings. The number of nitrogens with one attached hydrogen (secondary N) is 1. The van der Waals surface area contributed by atoms with Gasteiger partial charge in [-0.15, -0.1) is 0 Å². The van der Waals surface area contributed by atoms with Crippen molar-refractivity contribution in [3.63, 3.8) is 0 Å². The van der Waals surface area contributed by atoms with E-state index in [2.05, 4.69) is 13.8 Å². The van der Waals surface area contributed by atoms with Crippen LogP contribution in [0.3, 0.4) is 0 Å². The molecule has 0 saturated heterocycles. The van der Waals surface area contributed by atoms with Gasteiger partial charge in [0.2, 0.25) is 0 Å². The molecule has 0 aliphatic carbocycles. The molecule has 1 aromatic carbocycles. The zero-order valence-corrected chi connectivity index (χ0v) is 15.1. The maximum Gasteiger partial charge on any atom is 0.334 e. The first-order valence-electron chi connectivity index (χ1n) is 8.22. The molecule has 0 radical (unpaired) electrons. The Morgan fingerprint density at radius 3 is 2.29 bits per heavy atom. The van der Waals surface area contributed by atoms with Gasteiger partial charge in [0.25, 0.3) is 0 Å². The normalized spacial score (nSPS) is 13.2. The number of Topliss-reactive ketones (excluding diaryl/α,β-unsaturated/α-hetero) is 1. The largest absolute Gasteiger partial charge is 0.508 e. The molecule has 0 aromatic heterocycles. The van der Waals surface area contributed by atoms with E-state index in [4.69, 9.17) is 4.55 Å². The van der Waals surface area contributed by atoms with Crippen LogP contribution in [0, 0.1) is 5.92 Å². The van der Waals surface area contributed by atoms with Crippen LogP contribution in [0.4, 0.5) is 0 Å². The van der Waals surface area contributed by atoms with E-state index in [0.717, 1.165) is 19.3 Å². The van der Waals surface area contributed by atoms with Crippen LogP contribution >= 0.6 is 0 Å². The Morgan fingerprint density at radius 1 is 1.12 bits per heavy atom. The highest BCUT2D eigenvalue weighted by atomic mass is 32.2. The summed E-state index contributed by atoms with van der Waals surface area (Å²) in [6, 6.07) is 5.16. The van der Waals surface area contributed by atoms with Crippen molar-refractivity contribution in [3.05, 3.63) is 29.8 Å². The van der Waals surface area contributed by atoms with Gasteiger partial charge in [0.1, 0.15) is 5.75 Å². The minimum atomic E-state index is -4.46. The predicted molar refractivity (Wildman–Crippen MR) is 93.2 cm³/mol. The van der Waals surface area contributed by atoms with Gasteiger partial charge in [-0.2, -0.15) is 13.1 Å². The van der Waals surface area contributed by atoms with E-state index in [0.29, 0.717) is 17.9 Å². The van der Waals surface area contributed by atoms with Gasteiger partial charge in [0.05, 0.1) is 6.04 Å². The van der Waals surface area contributed by atoms with E-state index in [9.17, 15) is 18.3 Å². The number of phenols is 1. The van der Waals surface area contributed by atoms with Crippen LogP contribution in [0.15, 0.2) is 24.3 Å². The highest BCUT2D eigenvalue weighted by Crippen LogP contribution is 2.14. The Bertz CT molecular complexity index is 610. The summed E-state index contributed by atoms with van der Waals surface area (Å²) in [5.41, 5.74) is 0.696. The number of phenolic OH excluding ortho intramolecular Hbond substituents is 1. The highest BCUT2D eigenvalue weighted by Gasteiger charge is 2.23. The van der Waals surface area contributed by atoms with Crippen LogP contribution in [0.5, 0.6) is 5.75 Å². The maximum absolute atomic E-state index is 12.3. The maximum atomic E-state index is 12.3. The second-order valence-electron chi connectivity index (χ2n) is 6.48. The van der Waals surface area contributed by atoms with Gasteiger partial charge in [-0.05, 0) is 36.5 Å². The van der Waals surface area contributed by atoms with E-state index in [1.54, 1.807) is 12.1 Å². The van der Waals surface area contributed by atoms with Gasteiger partial charge in [0.15, 0.2) is 5.78 Å². The minimum Gasteiger partial charge on any atom is -0.508 e. The summed E-state index contributed by atoms with van der Waals surface area (Å²) in [5, 5.41) is 9.27. The molecule has 0 amide bonds. The molecule has 0 fully saturated rings. The standard InChI is InChI=1S/C17H27NO5S/c1-13(2)6-4-3-5-7-17(20)16(18-24(21,22)23)12-14-8-10-15(19)11-9-14/h8-11,13,16,18-19H,3-7,12H2,1-2H3,(H,21,22,23)/t16-/m0/s1. The third-order valence-corrected chi connectivity index (χ3v) is 4.34. The van der Waals surface area contributed by atoms with Crippen LogP contribution in [-0.2, 0) is 21.5 Å². The zero-order valence-electron chi connectivity index (χ0n) is 14.2. The molecule has 0 saturated carbocycles. The molecule has 0 heterocycles. The fourth-order valence-corrected chi connectivity index (χ4v) is 3.05. The molecule has 24 heavy (non-hydrogen) atoms. The first-order valence-corrected chi connectivity index (χ1v) is 9.66. The SMILES string of the molecule is CC(C)CCCCCC(=O)[C@H](Cc1ccc(O)cc1)NS(=O)(=O)O. The fraction of sp³-hybridized carbons (Fsp3) is 0.588. The summed E-state index contributed by atoms with van der Waals surface area (Å²) in [4.78, 5) is 12.3. The summed E-state index contributed by atoms with van der Waals surface area (Å²) in [5.74, 6) is 0.476. The molecule has 3 N–H and O–H groups in total. The van der Waals surface area contributed by atoms with E-state index in [1.165, 1.54) is 12.1 Å². The Hall–Kier alpha value is -1.44. The molecule has 7 heteroatoms. The molecule has 0 spiro atoms. The van der Waals surface area contributed by atoms with Gasteiger partial charge in [-0.3, -0.25) is 9.35 Å². The van der Waals surface area contributed by atoms with Gasteiger partial charge >= 0.3 is 10.3 Å². The number of aromatic hydroxyl groups is 1. The molecular formula is C17H27NO5S. The van der Waals surface area contributed by atoms with Gasteiger partial charge in [0, 0.05) is 6.42 Å². The number of hydrogen-bond acceptors (Lipinski definition) is 4. The summed E-state index contributed by atoms with van der Waals surface area (Å²) in [7, 11) is -4.46. The lowest BCUT2D eigenvalue weighted by atomic mass is 9.98. The molecule has 6 nitrogen and oxygen atoms in total. The topological polar surface area (TPSA) is 104 Å². The molecule has 0 aliphatic rings. The van der Waals surface area contributed by atoms with Crippen molar-refractivity contribution in [2.45, 2.75) is 58.4 Å². The molecule has 0 unspecified atom stereocenters. The lowest BCUT2D eigenvalue weighted by Gasteiger charge is -2.16. The Labute approximate surface area is 144 Å². The van der Waals surface area contributed by atoms with E-state index in [1.807, 2.05) is 4.72 Å². The van der Waals surface area contributed by atoms with Gasteiger partial charge < -0.3 is 5.11 Å². The highest BCUT2D eigenvalue weighted by molar-refractivity contribution is 7.83. The molecule has 136 valence electrons. The zero-order chi connectivity index (χ0) is 18.2. The van der Waals surface area contributed by atoms with Gasteiger partial charge in [-0.1, -0.05) is 45.2 Å². The van der Waals surface area contributed by atoms with Crippen LogP contribution in [0.25, 0.3) is 0 Å². The van der Waals surface area contributed by atoms with Crippen molar-refractivity contribution in [2.75, 3.05) is 0 Å². The first-order chi connectivity index (χ1) is 11.2. The molecular weight excluding hydrogens is 330 g/mol. The fourth-order valence-electron chi connectivity index (χ4n) is 2.47. The quantitative estimate of drug-likeness (QED) is 0.417. The van der Waals surface area contributed by atoms with Crippen molar-refractivity contribution in [1.29, 1.82) is 0 Å². The molecule has 1 atom stereocenters. The van der Waals surface area contributed by atoms with Crippen molar-refractivity contribution < 1.29 is 22.9 Å². The minimum absolute atomic E-state index is 0.0921. The Balaban J connectivity index is 2.60. The Morgan fingerprint density at radius 2 is 1.75 bits per heavy atom. The number of carbonyl (C=O) groups is 1. The summed E-state index contributed by atoms with van der Waals surface area (Å²) in [6.45, 7) is 4.30. The average Bonchev–Trinajstić information content (AvgIpc) is 2.46. The lowest BCUT2D eigenvalue weighted by molar-refractivity contribution is -0.120. The summed E-state index contributed by atoms with van der Waals surface area (Å²) in [6.07, 6.45) is 4.16. The number of carbonyl (C=O) groups excluding carboxylic acids is 1. The van der Waals surface area contributed by atoms with E-state index >= 15 is 0 Å².